The van der Waals surface area contributed by atoms with Crippen molar-refractivity contribution in [2.75, 3.05) is 13.2 Å². The number of nitrogens with one attached hydrogen (secondary N) is 1. The lowest BCUT2D eigenvalue weighted by molar-refractivity contribution is 0.250. The number of rotatable bonds is 4. The monoisotopic (exact) mass is 258 g/mol. The molecule has 0 bridgehead atoms. The van der Waals surface area contributed by atoms with E-state index in [-0.39, 0.29) is 0 Å². The van der Waals surface area contributed by atoms with Crippen molar-refractivity contribution in [1.29, 1.82) is 0 Å². The van der Waals surface area contributed by atoms with Gasteiger partial charge in [-0.1, -0.05) is 23.7 Å². The first kappa shape index (κ1) is 12.3. The Hall–Kier alpha value is -1.75. The van der Waals surface area contributed by atoms with Crippen molar-refractivity contribution < 1.29 is 4.74 Å². The molecule has 1 aromatic heterocycles. The van der Waals surface area contributed by atoms with E-state index < -0.39 is 0 Å². The Balaban J connectivity index is 1.56. The molecule has 1 aliphatic heterocycles. The maximum absolute atomic E-state index is 5.59. The Morgan fingerprint density at radius 3 is 2.89 bits per heavy atom. The number of benzene rings is 1. The Labute approximate surface area is 112 Å². The third-order valence-corrected chi connectivity index (χ3v) is 3.45. The van der Waals surface area contributed by atoms with Gasteiger partial charge in [0, 0.05) is 6.04 Å². The van der Waals surface area contributed by atoms with Crippen molar-refractivity contribution in [3.63, 3.8) is 0 Å². The molecule has 0 radical (unpaired) electrons. The van der Waals surface area contributed by atoms with Gasteiger partial charge in [0.2, 0.25) is 0 Å². The number of para-hydroxylation sites is 1. The Kier molecular flexibility index (Phi) is 3.83. The largest absolute Gasteiger partial charge is 0.462 e. The topological polar surface area (TPSA) is 59.9 Å². The molecule has 3 rings (SSSR count). The molecule has 2 aromatic rings. The first-order valence-electron chi connectivity index (χ1n) is 6.87. The Morgan fingerprint density at radius 2 is 2.05 bits per heavy atom. The average Bonchev–Trinajstić information content (AvgIpc) is 2.48. The molecule has 5 nitrogen and oxygen atoms in total. The van der Waals surface area contributed by atoms with Crippen LogP contribution in [0.15, 0.2) is 24.3 Å². The summed E-state index contributed by atoms with van der Waals surface area (Å²) in [5.74, 6) is 0. The maximum Gasteiger partial charge on any atom is 0.336 e. The normalized spacial score (nSPS) is 19.5. The van der Waals surface area contributed by atoms with Crippen molar-refractivity contribution in [1.82, 2.24) is 20.5 Å². The second kappa shape index (κ2) is 5.93. The third-order valence-electron chi connectivity index (χ3n) is 3.45. The second-order valence-electron chi connectivity index (χ2n) is 4.87. The quantitative estimate of drug-likeness (QED) is 0.908. The summed E-state index contributed by atoms with van der Waals surface area (Å²) in [4.78, 5) is 4.34. The predicted octanol–water partition coefficient (Wildman–Crippen LogP) is 1.94. The fourth-order valence-electron chi connectivity index (χ4n) is 2.39. The van der Waals surface area contributed by atoms with Crippen LogP contribution in [0.3, 0.4) is 0 Å². The van der Waals surface area contributed by atoms with E-state index in [9.17, 15) is 0 Å². The molecule has 100 valence electrons. The summed E-state index contributed by atoms with van der Waals surface area (Å²) in [6.07, 6.45) is 4.83. The van der Waals surface area contributed by atoms with Crippen LogP contribution in [0.25, 0.3) is 11.0 Å². The average molecular weight is 258 g/mol. The van der Waals surface area contributed by atoms with Gasteiger partial charge in [-0.3, -0.25) is 0 Å². The highest BCUT2D eigenvalue weighted by Crippen LogP contribution is 2.12. The smallest absolute Gasteiger partial charge is 0.336 e. The molecule has 1 N–H and O–H groups in total. The van der Waals surface area contributed by atoms with Gasteiger partial charge >= 0.3 is 6.01 Å². The molecule has 1 atom stereocenters. The van der Waals surface area contributed by atoms with Gasteiger partial charge < -0.3 is 10.1 Å². The number of hydrogen-bond donors (Lipinski definition) is 1. The summed E-state index contributed by atoms with van der Waals surface area (Å²) >= 11 is 0. The van der Waals surface area contributed by atoms with Crippen LogP contribution in [0.1, 0.15) is 25.7 Å². The minimum absolute atomic E-state index is 0.370. The zero-order valence-corrected chi connectivity index (χ0v) is 10.9. The molecule has 1 unspecified atom stereocenters. The number of aromatic nitrogens is 3. The number of piperidine rings is 1. The number of fused-ring (bicyclic) bond motifs is 1. The molecule has 5 heteroatoms. The van der Waals surface area contributed by atoms with Crippen molar-refractivity contribution in [2.45, 2.75) is 31.7 Å². The first-order chi connectivity index (χ1) is 9.42. The summed E-state index contributed by atoms with van der Waals surface area (Å²) < 4.78 is 5.59. The number of hydrogen-bond acceptors (Lipinski definition) is 5. The molecular formula is C14H18N4O. The summed E-state index contributed by atoms with van der Waals surface area (Å²) in [5, 5.41) is 11.6. The van der Waals surface area contributed by atoms with E-state index in [4.69, 9.17) is 4.74 Å². The van der Waals surface area contributed by atoms with Crippen LogP contribution in [-0.4, -0.2) is 34.4 Å². The van der Waals surface area contributed by atoms with Gasteiger partial charge in [0.25, 0.3) is 0 Å². The lowest BCUT2D eigenvalue weighted by Gasteiger charge is -2.22. The molecule has 0 aliphatic carbocycles. The van der Waals surface area contributed by atoms with Crippen molar-refractivity contribution in [2.24, 2.45) is 0 Å². The van der Waals surface area contributed by atoms with Gasteiger partial charge in [-0.2, -0.15) is 4.98 Å². The van der Waals surface area contributed by atoms with Crippen LogP contribution in [0.2, 0.25) is 0 Å². The number of ether oxygens (including phenoxy) is 1. The van der Waals surface area contributed by atoms with Gasteiger partial charge in [-0.15, -0.1) is 5.10 Å². The van der Waals surface area contributed by atoms with Crippen LogP contribution in [0, 0.1) is 0 Å². The summed E-state index contributed by atoms with van der Waals surface area (Å²) in [5.41, 5.74) is 1.62. The Morgan fingerprint density at radius 1 is 1.16 bits per heavy atom. The van der Waals surface area contributed by atoms with Crippen LogP contribution >= 0.6 is 0 Å². The molecule has 0 spiro atoms. The fraction of sp³-hybridized carbons (Fsp3) is 0.500. The van der Waals surface area contributed by atoms with Crippen LogP contribution in [-0.2, 0) is 0 Å². The van der Waals surface area contributed by atoms with E-state index in [1.165, 1.54) is 19.3 Å². The Bertz CT molecular complexity index is 540. The lowest BCUT2D eigenvalue weighted by Crippen LogP contribution is -2.35. The third kappa shape index (κ3) is 3.17. The zero-order chi connectivity index (χ0) is 12.9. The minimum atomic E-state index is 0.370. The highest BCUT2D eigenvalue weighted by atomic mass is 16.5. The van der Waals surface area contributed by atoms with E-state index in [2.05, 4.69) is 20.5 Å². The minimum Gasteiger partial charge on any atom is -0.462 e. The van der Waals surface area contributed by atoms with Crippen molar-refractivity contribution >= 4 is 11.0 Å². The standard InChI is InChI=1S/C14H18N4O/c1-2-7-13-12(6-1)16-14(18-17-13)19-10-8-11-5-3-4-9-15-11/h1-2,6-7,11,15H,3-5,8-10H2. The zero-order valence-electron chi connectivity index (χ0n) is 10.9. The van der Waals surface area contributed by atoms with Gasteiger partial charge in [0.15, 0.2) is 0 Å². The van der Waals surface area contributed by atoms with Gasteiger partial charge in [-0.05, 0) is 37.9 Å². The first-order valence-corrected chi connectivity index (χ1v) is 6.87. The maximum atomic E-state index is 5.59. The fourth-order valence-corrected chi connectivity index (χ4v) is 2.39. The summed E-state index contributed by atoms with van der Waals surface area (Å²) in [7, 11) is 0. The second-order valence-corrected chi connectivity index (χ2v) is 4.87. The molecule has 0 amide bonds. The van der Waals surface area contributed by atoms with Crippen LogP contribution in [0.4, 0.5) is 0 Å². The van der Waals surface area contributed by atoms with Crippen molar-refractivity contribution in [3.8, 4) is 6.01 Å². The molecule has 1 fully saturated rings. The van der Waals surface area contributed by atoms with Crippen LogP contribution < -0.4 is 10.1 Å². The lowest BCUT2D eigenvalue weighted by atomic mass is 10.0. The van der Waals surface area contributed by atoms with Crippen molar-refractivity contribution in [3.05, 3.63) is 24.3 Å². The molecule has 2 heterocycles. The molecule has 0 saturated carbocycles. The molecule has 19 heavy (non-hydrogen) atoms. The molecule has 1 saturated heterocycles. The summed E-state index contributed by atoms with van der Waals surface area (Å²) in [6, 6.07) is 8.61. The van der Waals surface area contributed by atoms with Gasteiger partial charge in [0.05, 0.1) is 12.1 Å². The van der Waals surface area contributed by atoms with E-state index in [1.807, 2.05) is 24.3 Å². The van der Waals surface area contributed by atoms with E-state index in [0.29, 0.717) is 18.7 Å². The summed E-state index contributed by atoms with van der Waals surface area (Å²) in [6.45, 7) is 1.76. The van der Waals surface area contributed by atoms with E-state index in [1.54, 1.807) is 0 Å². The predicted molar refractivity (Wildman–Crippen MR) is 73.1 cm³/mol. The molecule has 1 aromatic carbocycles. The van der Waals surface area contributed by atoms with Gasteiger partial charge in [-0.25, -0.2) is 0 Å². The molecule has 1 aliphatic rings. The van der Waals surface area contributed by atoms with Gasteiger partial charge in [0.1, 0.15) is 5.52 Å². The van der Waals surface area contributed by atoms with E-state index >= 15 is 0 Å². The highest BCUT2D eigenvalue weighted by molar-refractivity contribution is 5.73. The van der Waals surface area contributed by atoms with E-state index in [0.717, 1.165) is 24.0 Å². The molecular weight excluding hydrogens is 240 g/mol. The highest BCUT2D eigenvalue weighted by Gasteiger charge is 2.12. The van der Waals surface area contributed by atoms with Crippen LogP contribution in [0.5, 0.6) is 6.01 Å². The number of nitrogens with zero attached hydrogens (tertiary/aromatic N) is 3. The SMILES string of the molecule is c1ccc2nc(OCCC3CCCCN3)nnc2c1.